The molecule has 1 N–H and O–H groups in total. The second kappa shape index (κ2) is 8.36. The second-order valence-electron chi connectivity index (χ2n) is 5.79. The molecule has 0 radical (unpaired) electrons. The zero-order valence-corrected chi connectivity index (χ0v) is 15.5. The maximum atomic E-state index is 13.2. The smallest absolute Gasteiger partial charge is 0.227 e. The van der Waals surface area contributed by atoms with Gasteiger partial charge in [0.05, 0.1) is 16.6 Å². The van der Waals surface area contributed by atoms with Crippen LogP contribution in [0.1, 0.15) is 27.1 Å². The summed E-state index contributed by atoms with van der Waals surface area (Å²) in [5.74, 6) is -0.652. The first-order valence-corrected chi connectivity index (χ1v) is 9.84. The van der Waals surface area contributed by atoms with Gasteiger partial charge < -0.3 is 5.32 Å². The fourth-order valence-electron chi connectivity index (χ4n) is 2.65. The molecule has 1 atom stereocenters. The number of thiazole rings is 1. The molecule has 6 heteroatoms. The quantitative estimate of drug-likeness (QED) is 0.668. The fraction of sp³-hybridized carbons (Fsp3) is 0.263. The molecule has 0 aliphatic rings. The average molecular weight is 375 g/mol. The zero-order valence-electron chi connectivity index (χ0n) is 13.9. The molecule has 2 aromatic heterocycles. The summed E-state index contributed by atoms with van der Waals surface area (Å²) in [4.78, 5) is 18.3. The molecule has 3 rings (SSSR count). The Hall–Kier alpha value is -2.05. The first-order valence-electron chi connectivity index (χ1n) is 8.08. The number of aryl methyl sites for hydroxylation is 1. The number of benzene rings is 1. The Labute approximate surface area is 154 Å². The lowest BCUT2D eigenvalue weighted by Crippen LogP contribution is -2.32. The Morgan fingerprint density at radius 1 is 1.24 bits per heavy atom. The third-order valence-electron chi connectivity index (χ3n) is 3.92. The van der Waals surface area contributed by atoms with Crippen LogP contribution in [0.15, 0.2) is 47.2 Å². The van der Waals surface area contributed by atoms with Crippen LogP contribution in [-0.2, 0) is 17.6 Å². The molecule has 0 saturated heterocycles. The van der Waals surface area contributed by atoms with E-state index in [4.69, 9.17) is 0 Å². The van der Waals surface area contributed by atoms with Gasteiger partial charge in [-0.05, 0) is 42.5 Å². The third kappa shape index (κ3) is 4.96. The number of carbonyl (C=O) groups excluding carboxylic acids is 1. The minimum atomic E-state index is -0.323. The number of thiophene rings is 1. The van der Waals surface area contributed by atoms with Crippen LogP contribution in [0.3, 0.4) is 0 Å². The summed E-state index contributed by atoms with van der Waals surface area (Å²) < 4.78 is 13.2. The van der Waals surface area contributed by atoms with Crippen molar-refractivity contribution in [1.29, 1.82) is 0 Å². The number of hydrogen-bond donors (Lipinski definition) is 1. The molecule has 0 aliphatic heterocycles. The molecule has 1 aromatic carbocycles. The van der Waals surface area contributed by atoms with Gasteiger partial charge in [-0.15, -0.1) is 22.7 Å². The van der Waals surface area contributed by atoms with Gasteiger partial charge in [0.1, 0.15) is 5.82 Å². The number of aromatic nitrogens is 1. The minimum Gasteiger partial charge on any atom is -0.355 e. The molecule has 1 unspecified atom stereocenters. The predicted molar refractivity (Wildman–Crippen MR) is 101 cm³/mol. The predicted octanol–water partition coefficient (Wildman–Crippen LogP) is 4.34. The highest BCUT2D eigenvalue weighted by atomic mass is 32.1. The van der Waals surface area contributed by atoms with Gasteiger partial charge >= 0.3 is 0 Å². The molecule has 0 spiro atoms. The van der Waals surface area contributed by atoms with E-state index in [9.17, 15) is 9.18 Å². The lowest BCUT2D eigenvalue weighted by Gasteiger charge is -2.16. The van der Waals surface area contributed by atoms with Crippen LogP contribution in [0.5, 0.6) is 0 Å². The monoisotopic (exact) mass is 374 g/mol. The maximum absolute atomic E-state index is 13.2. The summed E-state index contributed by atoms with van der Waals surface area (Å²) in [5, 5.41) is 8.05. The van der Waals surface area contributed by atoms with Crippen molar-refractivity contribution in [3.63, 3.8) is 0 Å². The van der Waals surface area contributed by atoms with Crippen LogP contribution >= 0.6 is 22.7 Å². The molecular weight excluding hydrogens is 355 g/mol. The highest BCUT2D eigenvalue weighted by molar-refractivity contribution is 7.10. The van der Waals surface area contributed by atoms with E-state index >= 15 is 0 Å². The van der Waals surface area contributed by atoms with E-state index in [0.29, 0.717) is 19.4 Å². The van der Waals surface area contributed by atoms with Gasteiger partial charge in [0.2, 0.25) is 5.91 Å². The van der Waals surface area contributed by atoms with Crippen LogP contribution in [0.2, 0.25) is 0 Å². The summed E-state index contributed by atoms with van der Waals surface area (Å²) >= 11 is 3.24. The highest BCUT2D eigenvalue weighted by Crippen LogP contribution is 2.24. The Bertz CT molecular complexity index is 812. The first kappa shape index (κ1) is 17.8. The fourth-order valence-corrected chi connectivity index (χ4v) is 4.05. The lowest BCUT2D eigenvalue weighted by molar-refractivity contribution is -0.122. The van der Waals surface area contributed by atoms with Crippen molar-refractivity contribution in [3.05, 3.63) is 74.1 Å². The van der Waals surface area contributed by atoms with E-state index in [0.717, 1.165) is 21.1 Å². The van der Waals surface area contributed by atoms with Gasteiger partial charge in [0, 0.05) is 23.2 Å². The number of nitrogens with one attached hydrogen (secondary N) is 1. The number of halogens is 1. The number of carbonyl (C=O) groups is 1. The number of hydrogen-bond acceptors (Lipinski definition) is 4. The van der Waals surface area contributed by atoms with Gasteiger partial charge in [-0.3, -0.25) is 4.79 Å². The molecule has 2 heterocycles. The van der Waals surface area contributed by atoms with Crippen molar-refractivity contribution in [2.45, 2.75) is 25.7 Å². The largest absolute Gasteiger partial charge is 0.355 e. The molecular formula is C19H19FN2OS2. The highest BCUT2D eigenvalue weighted by Gasteiger charge is 2.21. The van der Waals surface area contributed by atoms with Crippen molar-refractivity contribution in [2.75, 3.05) is 6.54 Å². The van der Waals surface area contributed by atoms with Crippen LogP contribution in [-0.4, -0.2) is 17.4 Å². The van der Waals surface area contributed by atoms with Gasteiger partial charge in [0.25, 0.3) is 0 Å². The maximum Gasteiger partial charge on any atom is 0.227 e. The van der Waals surface area contributed by atoms with Gasteiger partial charge in [-0.25, -0.2) is 9.37 Å². The molecule has 1 amide bonds. The van der Waals surface area contributed by atoms with Crippen LogP contribution in [0, 0.1) is 12.7 Å². The third-order valence-corrected chi connectivity index (χ3v) is 5.64. The van der Waals surface area contributed by atoms with Crippen molar-refractivity contribution in [1.82, 2.24) is 10.3 Å². The summed E-state index contributed by atoms with van der Waals surface area (Å²) in [6.07, 6.45) is 1.33. The van der Waals surface area contributed by atoms with E-state index in [2.05, 4.69) is 10.3 Å². The second-order valence-corrected chi connectivity index (χ2v) is 7.88. The molecule has 0 aliphatic carbocycles. The average Bonchev–Trinajstić information content (AvgIpc) is 3.25. The molecule has 3 aromatic rings. The van der Waals surface area contributed by atoms with E-state index < -0.39 is 0 Å². The lowest BCUT2D eigenvalue weighted by atomic mass is 9.94. The number of rotatable bonds is 7. The standard InChI is InChI=1S/C19H19FN2OS2/c1-13-22-16(12-25-13)8-9-21-19(23)18(11-17-3-2-10-24-17)14-4-6-15(20)7-5-14/h2-7,10,12,18H,8-9,11H2,1H3,(H,21,23). The summed E-state index contributed by atoms with van der Waals surface area (Å²) in [6.45, 7) is 2.52. The summed E-state index contributed by atoms with van der Waals surface area (Å²) in [5.41, 5.74) is 1.83. The SMILES string of the molecule is Cc1nc(CCNC(=O)C(Cc2cccs2)c2ccc(F)cc2)cs1. The molecule has 0 bridgehead atoms. The van der Waals surface area contributed by atoms with E-state index in [1.165, 1.54) is 12.1 Å². The Morgan fingerprint density at radius 2 is 2.04 bits per heavy atom. The van der Waals surface area contributed by atoms with E-state index in [1.54, 1.807) is 34.8 Å². The Kier molecular flexibility index (Phi) is 5.94. The van der Waals surface area contributed by atoms with Gasteiger partial charge in [-0.1, -0.05) is 18.2 Å². The molecule has 130 valence electrons. The van der Waals surface area contributed by atoms with Gasteiger partial charge in [0.15, 0.2) is 0 Å². The zero-order chi connectivity index (χ0) is 17.6. The van der Waals surface area contributed by atoms with E-state index in [1.807, 2.05) is 29.8 Å². The number of nitrogens with zero attached hydrogens (tertiary/aromatic N) is 1. The Morgan fingerprint density at radius 3 is 2.68 bits per heavy atom. The van der Waals surface area contributed by atoms with Gasteiger partial charge in [-0.2, -0.15) is 0 Å². The molecule has 3 nitrogen and oxygen atoms in total. The van der Waals surface area contributed by atoms with Crippen LogP contribution in [0.25, 0.3) is 0 Å². The molecule has 0 fully saturated rings. The minimum absolute atomic E-state index is 0.0352. The van der Waals surface area contributed by atoms with Crippen molar-refractivity contribution in [3.8, 4) is 0 Å². The molecule has 0 saturated carbocycles. The van der Waals surface area contributed by atoms with Crippen molar-refractivity contribution < 1.29 is 9.18 Å². The number of amides is 1. The normalized spacial score (nSPS) is 12.1. The van der Waals surface area contributed by atoms with E-state index in [-0.39, 0.29) is 17.6 Å². The Balaban J connectivity index is 1.66. The van der Waals surface area contributed by atoms with Crippen LogP contribution in [0.4, 0.5) is 4.39 Å². The van der Waals surface area contributed by atoms with Crippen molar-refractivity contribution >= 4 is 28.6 Å². The topological polar surface area (TPSA) is 42.0 Å². The summed E-state index contributed by atoms with van der Waals surface area (Å²) in [7, 11) is 0. The van der Waals surface area contributed by atoms with Crippen molar-refractivity contribution in [2.24, 2.45) is 0 Å². The van der Waals surface area contributed by atoms with Crippen LogP contribution < -0.4 is 5.32 Å². The summed E-state index contributed by atoms with van der Waals surface area (Å²) in [6, 6.07) is 10.2. The molecule has 25 heavy (non-hydrogen) atoms. The first-order chi connectivity index (χ1) is 12.1.